The van der Waals surface area contributed by atoms with Gasteiger partial charge in [-0.05, 0) is 56.2 Å². The Balaban J connectivity index is 1.58. The van der Waals surface area contributed by atoms with Crippen LogP contribution in [0.4, 0.5) is 5.69 Å². The molecule has 7 heteroatoms. The van der Waals surface area contributed by atoms with Gasteiger partial charge in [0.2, 0.25) is 5.91 Å². The number of allylic oxidation sites excluding steroid dienone is 1. The van der Waals surface area contributed by atoms with Crippen molar-refractivity contribution in [2.24, 2.45) is 0 Å². The van der Waals surface area contributed by atoms with Gasteiger partial charge >= 0.3 is 0 Å². The van der Waals surface area contributed by atoms with E-state index in [4.69, 9.17) is 4.74 Å². The quantitative estimate of drug-likeness (QED) is 0.402. The molecule has 2 aromatic carbocycles. The third kappa shape index (κ3) is 4.10. The maximum Gasteiger partial charge on any atom is 0.240 e. The highest BCUT2D eigenvalue weighted by atomic mass is 32.2. The number of para-hydroxylation sites is 1. The molecule has 0 radical (unpaired) electrons. The molecule has 1 aliphatic rings. The fourth-order valence-corrected chi connectivity index (χ4v) is 4.84. The number of anilines is 1. The average molecular weight is 435 g/mol. The van der Waals surface area contributed by atoms with E-state index >= 15 is 0 Å². The zero-order chi connectivity index (χ0) is 22.0. The lowest BCUT2D eigenvalue weighted by molar-refractivity contribution is -0.118. The van der Waals surface area contributed by atoms with Crippen LogP contribution in [0.5, 0.6) is 5.75 Å². The van der Waals surface area contributed by atoms with Crippen molar-refractivity contribution in [3.8, 4) is 17.1 Å². The summed E-state index contributed by atoms with van der Waals surface area (Å²) in [5, 5.41) is 9.19. The number of benzene rings is 2. The fourth-order valence-electron chi connectivity index (χ4n) is 3.93. The number of nitrogens with zero attached hydrogens (tertiary/aromatic N) is 4. The van der Waals surface area contributed by atoms with E-state index in [1.165, 1.54) is 17.3 Å². The Labute approximate surface area is 186 Å². The molecular weight excluding hydrogens is 408 g/mol. The third-order valence-electron chi connectivity index (χ3n) is 5.45. The van der Waals surface area contributed by atoms with Crippen molar-refractivity contribution in [3.05, 3.63) is 66.7 Å². The molecule has 3 aromatic rings. The van der Waals surface area contributed by atoms with E-state index in [0.29, 0.717) is 11.7 Å². The summed E-state index contributed by atoms with van der Waals surface area (Å²) in [4.78, 5) is 15.3. The highest BCUT2D eigenvalue weighted by Gasteiger charge is 2.34. The van der Waals surface area contributed by atoms with Crippen molar-refractivity contribution < 1.29 is 9.53 Å². The minimum Gasteiger partial charge on any atom is -0.497 e. The van der Waals surface area contributed by atoms with Crippen LogP contribution in [-0.4, -0.2) is 39.1 Å². The molecule has 0 aliphatic carbocycles. The van der Waals surface area contributed by atoms with Crippen LogP contribution >= 0.6 is 11.8 Å². The van der Waals surface area contributed by atoms with Gasteiger partial charge in [0.1, 0.15) is 5.75 Å². The Morgan fingerprint density at radius 2 is 2.00 bits per heavy atom. The highest BCUT2D eigenvalue weighted by Crippen LogP contribution is 2.35. The fraction of sp³-hybridized carbons (Fsp3) is 0.292. The highest BCUT2D eigenvalue weighted by molar-refractivity contribution is 8.00. The van der Waals surface area contributed by atoms with Crippen molar-refractivity contribution in [2.45, 2.75) is 43.3 Å². The lowest BCUT2D eigenvalue weighted by atomic mass is 10.1. The average Bonchev–Trinajstić information content (AvgIpc) is 3.33. The van der Waals surface area contributed by atoms with Gasteiger partial charge in [-0.2, -0.15) is 0 Å². The van der Waals surface area contributed by atoms with Crippen LogP contribution in [0, 0.1) is 0 Å². The summed E-state index contributed by atoms with van der Waals surface area (Å²) >= 11 is 1.43. The molecule has 1 aromatic heterocycles. The van der Waals surface area contributed by atoms with Gasteiger partial charge in [0.05, 0.1) is 12.4 Å². The second-order valence-corrected chi connectivity index (χ2v) is 8.89. The zero-order valence-electron chi connectivity index (χ0n) is 18.0. The van der Waals surface area contributed by atoms with Crippen molar-refractivity contribution in [2.75, 3.05) is 12.0 Å². The second-order valence-electron chi connectivity index (χ2n) is 7.58. The van der Waals surface area contributed by atoms with Gasteiger partial charge in [-0.3, -0.25) is 9.36 Å². The summed E-state index contributed by atoms with van der Waals surface area (Å²) in [6.07, 6.45) is 2.69. The number of hydrogen-bond acceptors (Lipinski definition) is 5. The van der Waals surface area contributed by atoms with E-state index < -0.39 is 0 Å². The molecule has 0 bridgehead atoms. The van der Waals surface area contributed by atoms with Crippen LogP contribution in [0.2, 0.25) is 0 Å². The number of hydrogen-bond donors (Lipinski definition) is 0. The molecule has 0 saturated carbocycles. The molecular formula is C24H26N4O2S. The Morgan fingerprint density at radius 1 is 1.26 bits per heavy atom. The summed E-state index contributed by atoms with van der Waals surface area (Å²) in [5.41, 5.74) is 3.17. The van der Waals surface area contributed by atoms with Crippen LogP contribution < -0.4 is 9.64 Å². The van der Waals surface area contributed by atoms with E-state index in [-0.39, 0.29) is 17.2 Å². The molecule has 160 valence electrons. The van der Waals surface area contributed by atoms with Crippen LogP contribution in [-0.2, 0) is 17.8 Å². The SMILES string of the molecule is C=CCn1c(S[C@H](C)C(=O)N2c3ccccc3C[C@H]2C)nnc1-c1ccc(OC)cc1. The van der Waals surface area contributed by atoms with Crippen molar-refractivity contribution >= 4 is 23.4 Å². The molecule has 2 atom stereocenters. The van der Waals surface area contributed by atoms with Crippen molar-refractivity contribution in [3.63, 3.8) is 0 Å². The molecule has 2 heterocycles. The Bertz CT molecular complexity index is 1090. The predicted molar refractivity (Wildman–Crippen MR) is 125 cm³/mol. The maximum atomic E-state index is 13.4. The van der Waals surface area contributed by atoms with Crippen LogP contribution in [0.1, 0.15) is 19.4 Å². The van der Waals surface area contributed by atoms with Crippen LogP contribution in [0.25, 0.3) is 11.4 Å². The lowest BCUT2D eigenvalue weighted by Crippen LogP contribution is -2.40. The number of methoxy groups -OCH3 is 1. The first-order valence-corrected chi connectivity index (χ1v) is 11.2. The minimum atomic E-state index is -0.301. The largest absolute Gasteiger partial charge is 0.497 e. The normalized spacial score (nSPS) is 16.1. The Hall–Kier alpha value is -3.06. The minimum absolute atomic E-state index is 0.0848. The van der Waals surface area contributed by atoms with Crippen molar-refractivity contribution in [1.29, 1.82) is 0 Å². The molecule has 1 amide bonds. The number of carbonyl (C=O) groups is 1. The number of carbonyl (C=O) groups excluding carboxylic acids is 1. The van der Waals surface area contributed by atoms with Gasteiger partial charge in [0, 0.05) is 23.8 Å². The first-order chi connectivity index (χ1) is 15.0. The van der Waals surface area contributed by atoms with Gasteiger partial charge in [0.25, 0.3) is 0 Å². The first-order valence-electron chi connectivity index (χ1n) is 10.3. The smallest absolute Gasteiger partial charge is 0.240 e. The van der Waals surface area contributed by atoms with Crippen LogP contribution in [0.3, 0.4) is 0 Å². The molecule has 31 heavy (non-hydrogen) atoms. The molecule has 0 saturated heterocycles. The number of aromatic nitrogens is 3. The topological polar surface area (TPSA) is 60.2 Å². The standard InChI is InChI=1S/C24H26N4O2S/c1-5-14-27-22(18-10-12-20(30-4)13-11-18)25-26-24(27)31-17(3)23(29)28-16(2)15-19-8-6-7-9-21(19)28/h5-13,16-17H,1,14-15H2,2-4H3/t16-,17-/m1/s1. The third-order valence-corrected chi connectivity index (χ3v) is 6.52. The summed E-state index contributed by atoms with van der Waals surface area (Å²) in [7, 11) is 1.64. The van der Waals surface area contributed by atoms with Gasteiger partial charge in [-0.1, -0.05) is 36.0 Å². The van der Waals surface area contributed by atoms with E-state index in [2.05, 4.69) is 29.8 Å². The number of thioether (sulfide) groups is 1. The number of amides is 1. The molecule has 1 aliphatic heterocycles. The van der Waals surface area contributed by atoms with Crippen LogP contribution in [0.15, 0.2) is 66.3 Å². The first kappa shape index (κ1) is 21.2. The van der Waals surface area contributed by atoms with E-state index in [0.717, 1.165) is 29.2 Å². The van der Waals surface area contributed by atoms with E-state index in [1.54, 1.807) is 7.11 Å². The Morgan fingerprint density at radius 3 is 2.71 bits per heavy atom. The van der Waals surface area contributed by atoms with Gasteiger partial charge < -0.3 is 9.64 Å². The summed E-state index contributed by atoms with van der Waals surface area (Å²) in [5.74, 6) is 1.61. The van der Waals surface area contributed by atoms with Crippen molar-refractivity contribution in [1.82, 2.24) is 14.8 Å². The predicted octanol–water partition coefficient (Wildman–Crippen LogP) is 4.60. The molecule has 6 nitrogen and oxygen atoms in total. The molecule has 0 N–H and O–H groups in total. The maximum absolute atomic E-state index is 13.4. The Kier molecular flexibility index (Phi) is 6.13. The van der Waals surface area contributed by atoms with Gasteiger partial charge in [0.15, 0.2) is 11.0 Å². The zero-order valence-corrected chi connectivity index (χ0v) is 18.8. The lowest BCUT2D eigenvalue weighted by Gasteiger charge is -2.25. The number of fused-ring (bicyclic) bond motifs is 1. The van der Waals surface area contributed by atoms with E-state index in [9.17, 15) is 4.79 Å². The molecule has 4 rings (SSSR count). The molecule has 0 spiro atoms. The summed E-state index contributed by atoms with van der Waals surface area (Å²) in [6.45, 7) is 8.45. The van der Waals surface area contributed by atoms with E-state index in [1.807, 2.05) is 64.9 Å². The number of rotatable bonds is 7. The molecule has 0 unspecified atom stereocenters. The summed E-state index contributed by atoms with van der Waals surface area (Å²) in [6, 6.07) is 16.0. The van der Waals surface area contributed by atoms with Gasteiger partial charge in [-0.15, -0.1) is 16.8 Å². The number of ether oxygens (including phenoxy) is 1. The molecule has 0 fully saturated rings. The second kappa shape index (κ2) is 8.98. The monoisotopic (exact) mass is 434 g/mol. The van der Waals surface area contributed by atoms with Gasteiger partial charge in [-0.25, -0.2) is 0 Å². The summed E-state index contributed by atoms with van der Waals surface area (Å²) < 4.78 is 7.23.